The van der Waals surface area contributed by atoms with E-state index in [1.807, 2.05) is 19.2 Å². The van der Waals surface area contributed by atoms with E-state index in [0.717, 1.165) is 18.6 Å². The first-order chi connectivity index (χ1) is 7.76. The zero-order valence-electron chi connectivity index (χ0n) is 9.99. The molecule has 1 unspecified atom stereocenters. The van der Waals surface area contributed by atoms with Crippen LogP contribution in [0.3, 0.4) is 0 Å². The van der Waals surface area contributed by atoms with Gasteiger partial charge in [-0.15, -0.1) is 6.42 Å². The fourth-order valence-electron chi connectivity index (χ4n) is 1.40. The molecule has 0 aliphatic heterocycles. The van der Waals surface area contributed by atoms with E-state index in [1.54, 1.807) is 0 Å². The van der Waals surface area contributed by atoms with Crippen molar-refractivity contribution in [3.8, 4) is 18.1 Å². The van der Waals surface area contributed by atoms with E-state index < -0.39 is 0 Å². The highest BCUT2D eigenvalue weighted by Crippen LogP contribution is 2.13. The molecule has 1 aromatic rings. The van der Waals surface area contributed by atoms with Crippen molar-refractivity contribution >= 4 is 0 Å². The molecule has 0 saturated heterocycles. The molecule has 1 aromatic carbocycles. The van der Waals surface area contributed by atoms with Crippen LogP contribution in [0.2, 0.25) is 0 Å². The quantitative estimate of drug-likeness (QED) is 0.738. The maximum atomic E-state index is 5.31. The smallest absolute Gasteiger partial charge is 0.148 e. The topological polar surface area (TPSA) is 21.3 Å². The van der Waals surface area contributed by atoms with Gasteiger partial charge in [-0.05, 0) is 44.5 Å². The van der Waals surface area contributed by atoms with Gasteiger partial charge in [0.05, 0.1) is 0 Å². The summed E-state index contributed by atoms with van der Waals surface area (Å²) in [6, 6.07) is 8.67. The van der Waals surface area contributed by atoms with Gasteiger partial charge >= 0.3 is 0 Å². The van der Waals surface area contributed by atoms with Crippen LogP contribution in [0.5, 0.6) is 5.75 Å². The van der Waals surface area contributed by atoms with Crippen LogP contribution in [0.1, 0.15) is 18.9 Å². The molecule has 1 atom stereocenters. The first-order valence-corrected chi connectivity index (χ1v) is 5.58. The maximum absolute atomic E-state index is 5.31. The van der Waals surface area contributed by atoms with Gasteiger partial charge in [0.2, 0.25) is 0 Å². The minimum absolute atomic E-state index is 0.329. The zero-order chi connectivity index (χ0) is 11.8. The third kappa shape index (κ3) is 4.37. The summed E-state index contributed by atoms with van der Waals surface area (Å²) in [4.78, 5) is 0. The molecule has 2 heteroatoms. The molecule has 0 saturated carbocycles. The van der Waals surface area contributed by atoms with Crippen molar-refractivity contribution in [2.24, 2.45) is 0 Å². The summed E-state index contributed by atoms with van der Waals surface area (Å²) in [5.41, 5.74) is 1.33. The highest BCUT2D eigenvalue weighted by Gasteiger charge is 1.99. The van der Waals surface area contributed by atoms with Gasteiger partial charge in [-0.2, -0.15) is 0 Å². The van der Waals surface area contributed by atoms with E-state index in [4.69, 9.17) is 11.2 Å². The Morgan fingerprint density at radius 3 is 2.62 bits per heavy atom. The van der Waals surface area contributed by atoms with Crippen LogP contribution in [-0.4, -0.2) is 19.7 Å². The molecule has 0 amide bonds. The monoisotopic (exact) mass is 217 g/mol. The van der Waals surface area contributed by atoms with E-state index in [2.05, 4.69) is 30.3 Å². The molecule has 0 aliphatic rings. The second-order valence-corrected chi connectivity index (χ2v) is 3.87. The SMILES string of the molecule is C#CCOc1ccc(CCC(C)NC)cc1. The number of ether oxygens (including phenoxy) is 1. The highest BCUT2D eigenvalue weighted by molar-refractivity contribution is 5.27. The lowest BCUT2D eigenvalue weighted by Gasteiger charge is -2.10. The largest absolute Gasteiger partial charge is 0.481 e. The van der Waals surface area contributed by atoms with Crippen molar-refractivity contribution in [1.82, 2.24) is 5.32 Å². The molecule has 0 heterocycles. The van der Waals surface area contributed by atoms with Crippen LogP contribution in [0, 0.1) is 12.3 Å². The molecular weight excluding hydrogens is 198 g/mol. The number of terminal acetylenes is 1. The summed E-state index contributed by atoms with van der Waals surface area (Å²) >= 11 is 0. The lowest BCUT2D eigenvalue weighted by Crippen LogP contribution is -2.21. The van der Waals surface area contributed by atoms with Gasteiger partial charge in [-0.3, -0.25) is 0 Å². The predicted octanol–water partition coefficient (Wildman–Crippen LogP) is 2.24. The Kier molecular flexibility index (Phi) is 5.45. The van der Waals surface area contributed by atoms with Gasteiger partial charge in [0, 0.05) is 6.04 Å². The Labute approximate surface area is 98.0 Å². The Morgan fingerprint density at radius 1 is 1.38 bits per heavy atom. The van der Waals surface area contributed by atoms with Crippen molar-refractivity contribution < 1.29 is 4.74 Å². The molecule has 0 fully saturated rings. The minimum Gasteiger partial charge on any atom is -0.481 e. The molecule has 0 aliphatic carbocycles. The summed E-state index contributed by atoms with van der Waals surface area (Å²) in [6.45, 7) is 2.51. The van der Waals surface area contributed by atoms with E-state index >= 15 is 0 Å². The van der Waals surface area contributed by atoms with Crippen molar-refractivity contribution in [1.29, 1.82) is 0 Å². The summed E-state index contributed by atoms with van der Waals surface area (Å²) in [6.07, 6.45) is 7.34. The molecule has 86 valence electrons. The molecule has 0 aromatic heterocycles. The Bertz CT molecular complexity index is 337. The fraction of sp³-hybridized carbons (Fsp3) is 0.429. The second-order valence-electron chi connectivity index (χ2n) is 3.87. The molecule has 0 bridgehead atoms. The number of hydrogen-bond donors (Lipinski definition) is 1. The Hall–Kier alpha value is -1.46. The molecule has 0 radical (unpaired) electrons. The number of aryl methyl sites for hydroxylation is 1. The van der Waals surface area contributed by atoms with Gasteiger partial charge < -0.3 is 10.1 Å². The predicted molar refractivity (Wildman–Crippen MR) is 67.6 cm³/mol. The lowest BCUT2D eigenvalue weighted by molar-refractivity contribution is 0.370. The number of nitrogens with one attached hydrogen (secondary N) is 1. The normalized spacial score (nSPS) is 11.8. The third-order valence-electron chi connectivity index (χ3n) is 2.60. The van der Waals surface area contributed by atoms with E-state index in [0.29, 0.717) is 12.6 Å². The second kappa shape index (κ2) is 6.92. The molecule has 1 N–H and O–H groups in total. The van der Waals surface area contributed by atoms with Crippen LogP contribution < -0.4 is 10.1 Å². The molecule has 2 nitrogen and oxygen atoms in total. The van der Waals surface area contributed by atoms with Crippen molar-refractivity contribution in [3.05, 3.63) is 29.8 Å². The summed E-state index contributed by atoms with van der Waals surface area (Å²) < 4.78 is 5.31. The molecular formula is C14H19NO. The van der Waals surface area contributed by atoms with Gasteiger partial charge in [-0.1, -0.05) is 18.1 Å². The van der Waals surface area contributed by atoms with Gasteiger partial charge in [0.25, 0.3) is 0 Å². The fourth-order valence-corrected chi connectivity index (χ4v) is 1.40. The summed E-state index contributed by atoms with van der Waals surface area (Å²) in [5, 5.41) is 3.23. The summed E-state index contributed by atoms with van der Waals surface area (Å²) in [5.74, 6) is 3.28. The molecule has 16 heavy (non-hydrogen) atoms. The van der Waals surface area contributed by atoms with E-state index in [-0.39, 0.29) is 0 Å². The minimum atomic E-state index is 0.329. The lowest BCUT2D eigenvalue weighted by atomic mass is 10.1. The van der Waals surface area contributed by atoms with Crippen LogP contribution in [-0.2, 0) is 6.42 Å². The third-order valence-corrected chi connectivity index (χ3v) is 2.60. The first-order valence-electron chi connectivity index (χ1n) is 5.58. The van der Waals surface area contributed by atoms with Crippen LogP contribution in [0.25, 0.3) is 0 Å². The molecule has 0 spiro atoms. The number of benzene rings is 1. The van der Waals surface area contributed by atoms with Gasteiger partial charge in [-0.25, -0.2) is 0 Å². The van der Waals surface area contributed by atoms with Crippen LogP contribution in [0.4, 0.5) is 0 Å². The van der Waals surface area contributed by atoms with Crippen LogP contribution in [0.15, 0.2) is 24.3 Å². The van der Waals surface area contributed by atoms with Crippen molar-refractivity contribution in [3.63, 3.8) is 0 Å². The zero-order valence-corrected chi connectivity index (χ0v) is 9.99. The summed E-state index contributed by atoms with van der Waals surface area (Å²) in [7, 11) is 1.99. The van der Waals surface area contributed by atoms with Crippen molar-refractivity contribution in [2.45, 2.75) is 25.8 Å². The first kappa shape index (κ1) is 12.6. The Balaban J connectivity index is 2.42. The Morgan fingerprint density at radius 2 is 2.06 bits per heavy atom. The van der Waals surface area contributed by atoms with Gasteiger partial charge in [0.1, 0.15) is 12.4 Å². The number of hydrogen-bond acceptors (Lipinski definition) is 2. The number of rotatable bonds is 6. The van der Waals surface area contributed by atoms with E-state index in [9.17, 15) is 0 Å². The standard InChI is InChI=1S/C14H19NO/c1-4-11-16-14-9-7-13(8-10-14)6-5-12(2)15-3/h1,7-10,12,15H,5-6,11H2,2-3H3. The average molecular weight is 217 g/mol. The highest BCUT2D eigenvalue weighted by atomic mass is 16.5. The van der Waals surface area contributed by atoms with Crippen molar-refractivity contribution in [2.75, 3.05) is 13.7 Å². The maximum Gasteiger partial charge on any atom is 0.148 e. The van der Waals surface area contributed by atoms with E-state index in [1.165, 1.54) is 5.56 Å². The van der Waals surface area contributed by atoms with Gasteiger partial charge in [0.15, 0.2) is 0 Å². The molecule has 1 rings (SSSR count). The average Bonchev–Trinajstić information content (AvgIpc) is 2.34. The van der Waals surface area contributed by atoms with Crippen LogP contribution >= 0.6 is 0 Å².